The molecule has 0 saturated heterocycles. The van der Waals surface area contributed by atoms with Crippen molar-refractivity contribution in [3.63, 3.8) is 0 Å². The zero-order valence-electron chi connectivity index (χ0n) is 26.5. The minimum Gasteiger partial charge on any atom is -1.00 e. The first-order valence-electron chi connectivity index (χ1n) is 10.4. The Bertz CT molecular complexity index is 568. The van der Waals surface area contributed by atoms with Crippen LogP contribution in [0.2, 0.25) is 0 Å². The first-order valence-corrected chi connectivity index (χ1v) is 13.2. The van der Waals surface area contributed by atoms with Gasteiger partial charge in [0.1, 0.15) is 0 Å². The van der Waals surface area contributed by atoms with E-state index in [0.717, 1.165) is 12.8 Å². The van der Waals surface area contributed by atoms with Crippen molar-refractivity contribution in [1.82, 2.24) is 0 Å². The first kappa shape index (κ1) is 53.2. The molecule has 0 rings (SSSR count). The molecule has 0 aliphatic carbocycles. The molecule has 0 saturated carbocycles. The number of rotatable bonds is 16. The smallest absolute Gasteiger partial charge is 1.00 e. The number of carboxylic acids is 1. The van der Waals surface area contributed by atoms with Crippen LogP contribution < -0.4 is 0 Å². The summed E-state index contributed by atoms with van der Waals surface area (Å²) in [6, 6.07) is 0. The number of unbranched alkanes of at least 4 members (excludes halogenated alkanes) is 14. The molecular weight excluding hydrogens is 577 g/mol. The van der Waals surface area contributed by atoms with Gasteiger partial charge in [-0.25, -0.2) is 0 Å². The van der Waals surface area contributed by atoms with Gasteiger partial charge in [0, 0.05) is 6.42 Å². The Morgan fingerprint density at radius 2 is 0.735 bits per heavy atom. The standard InChI is InChI=1S/C18H36O2.3Ca.2H2O4S.H2O.6H/c1-2-3-4-5-6-7-8-9-10-11-12-13-14-15-16-17-18(19)20;;;;2*1-5(2,3)4;;;;;;;/h2-17H2,1H3,(H,19,20);;;;2*(H2,1,2,3,4);1H2;;;;;;/q;3*+2;;;;6*-1. The zero-order valence-corrected chi connectivity index (χ0v) is 28.8. The maximum Gasteiger partial charge on any atom is 2.00 e. The molecule has 7 N–H and O–H groups in total. The van der Waals surface area contributed by atoms with E-state index in [4.69, 9.17) is 40.2 Å². The third-order valence-corrected chi connectivity index (χ3v) is 3.99. The van der Waals surface area contributed by atoms with Crippen LogP contribution in [0.15, 0.2) is 0 Å². The second kappa shape index (κ2) is 38.1. The summed E-state index contributed by atoms with van der Waals surface area (Å²) in [7, 11) is -9.33. The van der Waals surface area contributed by atoms with E-state index in [1.807, 2.05) is 0 Å². The molecule has 0 aliphatic heterocycles. The molecule has 0 unspecified atom stereocenters. The fraction of sp³-hybridized carbons (Fsp3) is 0.944. The van der Waals surface area contributed by atoms with E-state index in [1.165, 1.54) is 83.5 Å². The number of hydrogen-bond donors (Lipinski definition) is 5. The van der Waals surface area contributed by atoms with Gasteiger partial charge in [-0.15, -0.1) is 0 Å². The number of carbonyl (C=O) groups is 1. The van der Waals surface area contributed by atoms with Crippen LogP contribution in [-0.4, -0.2) is 165 Å². The molecule has 11 nitrogen and oxygen atoms in total. The molecule has 0 aromatic carbocycles. The molecule has 0 amide bonds. The molecule has 0 radical (unpaired) electrons. The van der Waals surface area contributed by atoms with E-state index >= 15 is 0 Å². The zero-order chi connectivity index (χ0) is 23.9. The van der Waals surface area contributed by atoms with Gasteiger partial charge in [0.15, 0.2) is 0 Å². The third-order valence-electron chi connectivity index (χ3n) is 3.99. The van der Waals surface area contributed by atoms with Gasteiger partial charge in [0.2, 0.25) is 0 Å². The first-order chi connectivity index (χ1) is 13.8. The molecule has 0 spiro atoms. The van der Waals surface area contributed by atoms with E-state index < -0.39 is 26.8 Å². The van der Waals surface area contributed by atoms with Crippen LogP contribution in [0.25, 0.3) is 0 Å². The Hall–Kier alpha value is 2.95. The van der Waals surface area contributed by atoms with Crippen molar-refractivity contribution >= 4 is 140 Å². The minimum absolute atomic E-state index is 0. The molecular formula is C18H48Ca3O11S2. The van der Waals surface area contributed by atoms with Crippen LogP contribution in [0.3, 0.4) is 0 Å². The van der Waals surface area contributed by atoms with Crippen LogP contribution in [0.5, 0.6) is 0 Å². The van der Waals surface area contributed by atoms with Gasteiger partial charge in [-0.2, -0.15) is 16.8 Å². The minimum atomic E-state index is -4.67. The van der Waals surface area contributed by atoms with Crippen molar-refractivity contribution in [1.29, 1.82) is 0 Å². The Kier molecular flexibility index (Phi) is 59.7. The average molecular weight is 625 g/mol. The van der Waals surface area contributed by atoms with Gasteiger partial charge in [0.05, 0.1) is 0 Å². The second-order valence-corrected chi connectivity index (χ2v) is 8.78. The summed E-state index contributed by atoms with van der Waals surface area (Å²) in [5, 5.41) is 8.52. The van der Waals surface area contributed by atoms with Gasteiger partial charge < -0.3 is 19.1 Å². The van der Waals surface area contributed by atoms with E-state index in [-0.39, 0.29) is 127 Å². The van der Waals surface area contributed by atoms with E-state index in [9.17, 15) is 4.79 Å². The fourth-order valence-electron chi connectivity index (χ4n) is 2.65. The van der Waals surface area contributed by atoms with Gasteiger partial charge in [-0.3, -0.25) is 23.0 Å². The summed E-state index contributed by atoms with van der Waals surface area (Å²) < 4.78 is 63.2. The van der Waals surface area contributed by atoms with Crippen LogP contribution in [0, 0.1) is 0 Å². The maximum atomic E-state index is 10.3. The number of hydrogen-bond acceptors (Lipinski definition) is 5. The Labute approximate surface area is 304 Å². The van der Waals surface area contributed by atoms with Crippen LogP contribution in [0.1, 0.15) is 118 Å². The predicted molar refractivity (Wildman–Crippen MR) is 143 cm³/mol. The summed E-state index contributed by atoms with van der Waals surface area (Å²) in [4.78, 5) is 10.3. The number of aliphatic carboxylic acids is 1. The average Bonchev–Trinajstić information content (AvgIpc) is 2.55. The van der Waals surface area contributed by atoms with Crippen molar-refractivity contribution in [3.05, 3.63) is 0 Å². The van der Waals surface area contributed by atoms with Crippen molar-refractivity contribution in [3.8, 4) is 0 Å². The second-order valence-electron chi connectivity index (χ2n) is 6.99. The Morgan fingerprint density at radius 3 is 0.912 bits per heavy atom. The van der Waals surface area contributed by atoms with Crippen molar-refractivity contribution in [2.75, 3.05) is 0 Å². The van der Waals surface area contributed by atoms with Crippen LogP contribution in [-0.2, 0) is 25.6 Å². The van der Waals surface area contributed by atoms with Crippen LogP contribution in [0.4, 0.5) is 0 Å². The van der Waals surface area contributed by atoms with E-state index in [1.54, 1.807) is 0 Å². The predicted octanol–water partition coefficient (Wildman–Crippen LogP) is 3.73. The van der Waals surface area contributed by atoms with Gasteiger partial charge in [-0.1, -0.05) is 96.8 Å². The van der Waals surface area contributed by atoms with Crippen molar-refractivity contribution < 1.29 is 59.0 Å². The molecule has 0 aromatic rings. The summed E-state index contributed by atoms with van der Waals surface area (Å²) in [5.74, 6) is -0.653. The normalized spacial score (nSPS) is 9.79. The molecule has 34 heavy (non-hydrogen) atoms. The number of carboxylic acid groups (broad SMARTS) is 1. The summed E-state index contributed by atoms with van der Waals surface area (Å²) in [6.07, 6.45) is 20.2. The van der Waals surface area contributed by atoms with E-state index in [0.29, 0.717) is 6.42 Å². The van der Waals surface area contributed by atoms with Crippen LogP contribution >= 0.6 is 0 Å². The fourth-order valence-corrected chi connectivity index (χ4v) is 2.65. The molecule has 0 fully saturated rings. The third kappa shape index (κ3) is 101. The Morgan fingerprint density at radius 1 is 0.559 bits per heavy atom. The molecule has 16 heteroatoms. The molecule has 0 bridgehead atoms. The molecule has 0 aliphatic rings. The van der Waals surface area contributed by atoms with Crippen molar-refractivity contribution in [2.24, 2.45) is 0 Å². The van der Waals surface area contributed by atoms with Gasteiger partial charge >= 0.3 is 140 Å². The topological polar surface area (TPSA) is 218 Å². The Balaban J connectivity index is -0.0000000289. The maximum absolute atomic E-state index is 10.3. The van der Waals surface area contributed by atoms with Gasteiger partial charge in [-0.05, 0) is 6.42 Å². The summed E-state index contributed by atoms with van der Waals surface area (Å²) in [6.45, 7) is 2.27. The monoisotopic (exact) mass is 624 g/mol. The van der Waals surface area contributed by atoms with E-state index in [2.05, 4.69) is 6.92 Å². The largest absolute Gasteiger partial charge is 2.00 e. The molecule has 0 heterocycles. The molecule has 0 aromatic heterocycles. The quantitative estimate of drug-likeness (QED) is 0.0951. The van der Waals surface area contributed by atoms with Gasteiger partial charge in [0.25, 0.3) is 0 Å². The van der Waals surface area contributed by atoms with Crippen molar-refractivity contribution in [2.45, 2.75) is 110 Å². The molecule has 204 valence electrons. The molecule has 0 atom stereocenters. The SMILES string of the molecule is CCCCCCCCCCCCCCCCCC(=O)O.O.O=S(=O)(O)O.O=S(=O)(O)O.[Ca+2].[Ca+2].[Ca+2].[H-].[H-].[H-].[H-].[H-].[H-]. The summed E-state index contributed by atoms with van der Waals surface area (Å²) in [5.41, 5.74) is 0. The summed E-state index contributed by atoms with van der Waals surface area (Å²) >= 11 is 0.